The first-order valence-corrected chi connectivity index (χ1v) is 7.03. The molecule has 0 atom stereocenters. The van der Waals surface area contributed by atoms with E-state index in [1.54, 1.807) is 12.1 Å². The normalized spacial score (nSPS) is 10.5. The van der Waals surface area contributed by atoms with Gasteiger partial charge in [0.15, 0.2) is 5.82 Å². The highest BCUT2D eigenvalue weighted by atomic mass is 19.1. The molecule has 0 bridgehead atoms. The first-order valence-electron chi connectivity index (χ1n) is 7.03. The Morgan fingerprint density at radius 1 is 1.19 bits per heavy atom. The molecule has 1 aromatic carbocycles. The molecule has 1 aromatic heterocycles. The molecule has 0 unspecified atom stereocenters. The number of benzene rings is 1. The maximum Gasteiger partial charge on any atom is 0.321 e. The number of aromatic nitrogens is 3. The van der Waals surface area contributed by atoms with E-state index in [0.717, 1.165) is 12.0 Å². The zero-order valence-electron chi connectivity index (χ0n) is 12.5. The maximum absolute atomic E-state index is 14.0. The lowest BCUT2D eigenvalue weighted by atomic mass is 10.1. The number of hydrogen-bond donors (Lipinski definition) is 1. The maximum atomic E-state index is 14.0. The first-order chi connectivity index (χ1) is 10.1. The molecule has 0 saturated heterocycles. The van der Waals surface area contributed by atoms with Gasteiger partial charge >= 0.3 is 6.01 Å². The largest absolute Gasteiger partial charge is 0.463 e. The second-order valence-corrected chi connectivity index (χ2v) is 4.63. The third-order valence-corrected chi connectivity index (χ3v) is 2.75. The highest BCUT2D eigenvalue weighted by Crippen LogP contribution is 2.23. The molecule has 21 heavy (non-hydrogen) atoms. The van der Waals surface area contributed by atoms with E-state index in [1.807, 2.05) is 20.8 Å². The Bertz CT molecular complexity index is 619. The first kappa shape index (κ1) is 15.2. The summed E-state index contributed by atoms with van der Waals surface area (Å²) < 4.78 is 19.4. The smallest absolute Gasteiger partial charge is 0.321 e. The molecule has 2 aromatic rings. The van der Waals surface area contributed by atoms with Gasteiger partial charge in [-0.25, -0.2) is 4.39 Å². The zero-order chi connectivity index (χ0) is 15.2. The predicted molar refractivity (Wildman–Crippen MR) is 79.9 cm³/mol. The summed E-state index contributed by atoms with van der Waals surface area (Å²) in [6.45, 7) is 6.99. The molecule has 0 fully saturated rings. The summed E-state index contributed by atoms with van der Waals surface area (Å²) in [5, 5.41) is 3.00. The van der Waals surface area contributed by atoms with Gasteiger partial charge in [0.05, 0.1) is 12.2 Å². The lowest BCUT2D eigenvalue weighted by Gasteiger charge is -2.09. The molecule has 112 valence electrons. The van der Waals surface area contributed by atoms with Gasteiger partial charge in [0.2, 0.25) is 5.95 Å². The zero-order valence-corrected chi connectivity index (χ0v) is 12.5. The molecule has 0 aliphatic rings. The van der Waals surface area contributed by atoms with Crippen molar-refractivity contribution in [2.75, 3.05) is 18.5 Å². The standard InChI is InChI=1S/C15H19FN4O/c1-4-8-21-15-19-13(18-14(20-15)17-5-2)11-9-10(3)6-7-12(11)16/h6-7,9H,4-5,8H2,1-3H3,(H,17,18,19,20). The van der Waals surface area contributed by atoms with Crippen LogP contribution in [0, 0.1) is 12.7 Å². The molecule has 0 amide bonds. The van der Waals surface area contributed by atoms with Crippen LogP contribution in [0.2, 0.25) is 0 Å². The van der Waals surface area contributed by atoms with E-state index >= 15 is 0 Å². The number of nitrogens with zero attached hydrogens (tertiary/aromatic N) is 3. The van der Waals surface area contributed by atoms with Crippen molar-refractivity contribution in [2.24, 2.45) is 0 Å². The predicted octanol–water partition coefficient (Wildman–Crippen LogP) is 3.21. The lowest BCUT2D eigenvalue weighted by molar-refractivity contribution is 0.292. The van der Waals surface area contributed by atoms with Gasteiger partial charge < -0.3 is 10.1 Å². The SMILES string of the molecule is CCCOc1nc(NCC)nc(-c2cc(C)ccc2F)n1. The lowest BCUT2D eigenvalue weighted by Crippen LogP contribution is -2.08. The molecule has 0 aliphatic carbocycles. The minimum absolute atomic E-state index is 0.207. The van der Waals surface area contributed by atoms with Crippen molar-refractivity contribution >= 4 is 5.95 Å². The summed E-state index contributed by atoms with van der Waals surface area (Å²) in [5.74, 6) is 0.290. The fourth-order valence-corrected chi connectivity index (χ4v) is 1.78. The molecule has 0 saturated carbocycles. The molecule has 0 spiro atoms. The van der Waals surface area contributed by atoms with E-state index in [0.29, 0.717) is 24.7 Å². The number of rotatable bonds is 6. The number of hydrogen-bond acceptors (Lipinski definition) is 5. The monoisotopic (exact) mass is 290 g/mol. The molecule has 0 radical (unpaired) electrons. The minimum Gasteiger partial charge on any atom is -0.463 e. The number of ether oxygens (including phenoxy) is 1. The van der Waals surface area contributed by atoms with Crippen LogP contribution in [0.5, 0.6) is 6.01 Å². The van der Waals surface area contributed by atoms with Crippen LogP contribution in [0.4, 0.5) is 10.3 Å². The van der Waals surface area contributed by atoms with Crippen molar-refractivity contribution in [1.82, 2.24) is 15.0 Å². The third kappa shape index (κ3) is 3.87. The summed E-state index contributed by atoms with van der Waals surface area (Å²) in [6, 6.07) is 5.04. The van der Waals surface area contributed by atoms with E-state index in [4.69, 9.17) is 4.74 Å². The Balaban J connectivity index is 2.45. The van der Waals surface area contributed by atoms with E-state index < -0.39 is 0 Å². The van der Waals surface area contributed by atoms with Gasteiger partial charge in [0.1, 0.15) is 5.82 Å². The Morgan fingerprint density at radius 2 is 2.00 bits per heavy atom. The van der Waals surface area contributed by atoms with Gasteiger partial charge in [-0.3, -0.25) is 0 Å². The molecule has 6 heteroatoms. The molecule has 1 N–H and O–H groups in total. The average Bonchev–Trinajstić information content (AvgIpc) is 2.48. The molecular formula is C15H19FN4O. The van der Waals surface area contributed by atoms with E-state index in [1.165, 1.54) is 6.07 Å². The van der Waals surface area contributed by atoms with Crippen LogP contribution < -0.4 is 10.1 Å². The van der Waals surface area contributed by atoms with Crippen molar-refractivity contribution in [3.63, 3.8) is 0 Å². The van der Waals surface area contributed by atoms with Gasteiger partial charge in [-0.05, 0) is 32.4 Å². The van der Waals surface area contributed by atoms with Crippen molar-refractivity contribution in [2.45, 2.75) is 27.2 Å². The van der Waals surface area contributed by atoms with E-state index in [9.17, 15) is 4.39 Å². The van der Waals surface area contributed by atoms with Crippen molar-refractivity contribution in [3.8, 4) is 17.4 Å². The van der Waals surface area contributed by atoms with Crippen LogP contribution in [0.3, 0.4) is 0 Å². The third-order valence-electron chi connectivity index (χ3n) is 2.75. The van der Waals surface area contributed by atoms with Crippen LogP contribution >= 0.6 is 0 Å². The van der Waals surface area contributed by atoms with Gasteiger partial charge in [-0.2, -0.15) is 15.0 Å². The Hall–Kier alpha value is -2.24. The molecular weight excluding hydrogens is 271 g/mol. The second-order valence-electron chi connectivity index (χ2n) is 4.63. The summed E-state index contributed by atoms with van der Waals surface area (Å²) in [6.07, 6.45) is 0.844. The van der Waals surface area contributed by atoms with Crippen LogP contribution in [0.1, 0.15) is 25.8 Å². The highest BCUT2D eigenvalue weighted by molar-refractivity contribution is 5.58. The van der Waals surface area contributed by atoms with Crippen molar-refractivity contribution in [1.29, 1.82) is 0 Å². The van der Waals surface area contributed by atoms with Crippen LogP contribution in [0.25, 0.3) is 11.4 Å². The van der Waals surface area contributed by atoms with E-state index in [-0.39, 0.29) is 17.7 Å². The van der Waals surface area contributed by atoms with Gasteiger partial charge in [0.25, 0.3) is 0 Å². The fraction of sp³-hybridized carbons (Fsp3) is 0.400. The quantitative estimate of drug-likeness (QED) is 0.885. The van der Waals surface area contributed by atoms with Gasteiger partial charge in [-0.1, -0.05) is 18.6 Å². The van der Waals surface area contributed by atoms with Crippen molar-refractivity contribution in [3.05, 3.63) is 29.6 Å². The molecule has 0 aliphatic heterocycles. The van der Waals surface area contributed by atoms with Crippen molar-refractivity contribution < 1.29 is 9.13 Å². The average molecular weight is 290 g/mol. The van der Waals surface area contributed by atoms with Gasteiger partial charge in [0, 0.05) is 6.54 Å². The summed E-state index contributed by atoms with van der Waals surface area (Å²) in [4.78, 5) is 12.6. The molecule has 5 nitrogen and oxygen atoms in total. The Kier molecular flexibility index (Phi) is 5.03. The van der Waals surface area contributed by atoms with Gasteiger partial charge in [-0.15, -0.1) is 0 Å². The van der Waals surface area contributed by atoms with Crippen LogP contribution in [-0.2, 0) is 0 Å². The second kappa shape index (κ2) is 6.97. The summed E-state index contributed by atoms with van der Waals surface area (Å²) in [7, 11) is 0. The molecule has 1 heterocycles. The Morgan fingerprint density at radius 3 is 2.71 bits per heavy atom. The summed E-state index contributed by atoms with van der Waals surface area (Å²) in [5.41, 5.74) is 1.28. The highest BCUT2D eigenvalue weighted by Gasteiger charge is 2.13. The Labute approximate surface area is 123 Å². The number of aryl methyl sites for hydroxylation is 1. The van der Waals surface area contributed by atoms with Crippen LogP contribution in [-0.4, -0.2) is 28.1 Å². The van der Waals surface area contributed by atoms with E-state index in [2.05, 4.69) is 20.3 Å². The molecule has 2 rings (SSSR count). The fourth-order valence-electron chi connectivity index (χ4n) is 1.78. The topological polar surface area (TPSA) is 59.9 Å². The number of nitrogens with one attached hydrogen (secondary N) is 1. The minimum atomic E-state index is -0.365. The summed E-state index contributed by atoms with van der Waals surface area (Å²) >= 11 is 0. The number of anilines is 1. The van der Waals surface area contributed by atoms with Crippen LogP contribution in [0.15, 0.2) is 18.2 Å². The number of halogens is 1.